The van der Waals surface area contributed by atoms with Gasteiger partial charge in [0.05, 0.1) is 15.5 Å². The first-order chi connectivity index (χ1) is 15.0. The summed E-state index contributed by atoms with van der Waals surface area (Å²) >= 11 is 1.41. The average molecular weight is 452 g/mol. The van der Waals surface area contributed by atoms with Crippen LogP contribution in [-0.2, 0) is 14.8 Å². The van der Waals surface area contributed by atoms with Gasteiger partial charge in [-0.05, 0) is 65.5 Å². The maximum Gasteiger partial charge on any atom is 0.243 e. The Morgan fingerprint density at radius 2 is 1.87 bits per heavy atom. The maximum atomic E-state index is 13.3. The van der Waals surface area contributed by atoms with Crippen molar-refractivity contribution >= 4 is 54.0 Å². The summed E-state index contributed by atoms with van der Waals surface area (Å²) in [5.41, 5.74) is 0.701. The molecule has 0 bridgehead atoms. The van der Waals surface area contributed by atoms with Crippen LogP contribution in [0.15, 0.2) is 71.8 Å². The molecule has 5 rings (SSSR count). The summed E-state index contributed by atoms with van der Waals surface area (Å²) in [4.78, 5) is 13.1. The van der Waals surface area contributed by atoms with Gasteiger partial charge in [0, 0.05) is 30.4 Å². The molecule has 6 nitrogen and oxygen atoms in total. The molecule has 1 atom stereocenters. The third kappa shape index (κ3) is 3.94. The Kier molecular flexibility index (Phi) is 5.21. The zero-order valence-electron chi connectivity index (χ0n) is 16.7. The van der Waals surface area contributed by atoms with Gasteiger partial charge in [0.2, 0.25) is 15.9 Å². The van der Waals surface area contributed by atoms with Gasteiger partial charge in [-0.2, -0.15) is 8.68 Å². The first-order valence-corrected chi connectivity index (χ1v) is 12.4. The number of hydrogen-bond donors (Lipinski definition) is 1. The van der Waals surface area contributed by atoms with Gasteiger partial charge in [-0.15, -0.1) is 0 Å². The number of rotatable bonds is 4. The number of anilines is 1. The Morgan fingerprint density at radius 1 is 1.03 bits per heavy atom. The molecule has 31 heavy (non-hydrogen) atoms. The summed E-state index contributed by atoms with van der Waals surface area (Å²) in [5.74, 6) is -0.541. The minimum atomic E-state index is -3.67. The van der Waals surface area contributed by atoms with E-state index < -0.39 is 10.0 Å². The standard InChI is InChI=1S/C23H21N3O3S2/c27-23(25-20-8-10-22-19(12-20)14-24-30-22)18-6-3-11-26(15-18)31(28,29)21-9-7-16-4-1-2-5-17(16)13-21/h1-2,4-5,7-10,12-14,18H,3,6,11,15H2,(H,25,27)/t18-/m1/s1. The van der Waals surface area contributed by atoms with Gasteiger partial charge in [0.15, 0.2) is 0 Å². The molecule has 0 saturated carbocycles. The Bertz CT molecular complexity index is 1380. The third-order valence-corrected chi connectivity index (χ3v) is 8.37. The Hall–Kier alpha value is -2.81. The quantitative estimate of drug-likeness (QED) is 0.496. The molecule has 1 fully saturated rings. The molecule has 0 radical (unpaired) electrons. The van der Waals surface area contributed by atoms with Crippen LogP contribution in [0, 0.1) is 5.92 Å². The Balaban J connectivity index is 1.34. The lowest BCUT2D eigenvalue weighted by molar-refractivity contribution is -0.120. The third-order valence-electron chi connectivity index (χ3n) is 5.73. The van der Waals surface area contributed by atoms with Crippen molar-refractivity contribution in [3.8, 4) is 0 Å². The highest BCUT2D eigenvalue weighted by molar-refractivity contribution is 7.89. The molecule has 4 aromatic rings. The van der Waals surface area contributed by atoms with E-state index in [1.54, 1.807) is 18.3 Å². The topological polar surface area (TPSA) is 79.4 Å². The molecular weight excluding hydrogens is 430 g/mol. The SMILES string of the molecule is O=C(Nc1ccc2sncc2c1)[C@@H]1CCCN(S(=O)(=O)c2ccc3ccccc3c2)C1. The van der Waals surface area contributed by atoms with Crippen molar-refractivity contribution in [1.29, 1.82) is 0 Å². The van der Waals surface area contributed by atoms with Crippen LogP contribution in [0.3, 0.4) is 0 Å². The van der Waals surface area contributed by atoms with E-state index in [0.29, 0.717) is 25.1 Å². The van der Waals surface area contributed by atoms with Crippen LogP contribution in [0.4, 0.5) is 5.69 Å². The fourth-order valence-electron chi connectivity index (χ4n) is 4.05. The summed E-state index contributed by atoms with van der Waals surface area (Å²) < 4.78 is 33.2. The lowest BCUT2D eigenvalue weighted by atomic mass is 9.98. The fourth-order valence-corrected chi connectivity index (χ4v) is 6.23. The van der Waals surface area contributed by atoms with Gasteiger partial charge in [-0.3, -0.25) is 4.79 Å². The van der Waals surface area contributed by atoms with Gasteiger partial charge in [-0.1, -0.05) is 30.3 Å². The van der Waals surface area contributed by atoms with Gasteiger partial charge in [0.25, 0.3) is 0 Å². The van der Waals surface area contributed by atoms with E-state index in [1.807, 2.05) is 48.5 Å². The summed E-state index contributed by atoms with van der Waals surface area (Å²) in [6, 6.07) is 18.5. The predicted octanol–water partition coefficient (Wildman–Crippen LogP) is 4.49. The van der Waals surface area contributed by atoms with E-state index in [9.17, 15) is 13.2 Å². The number of piperidine rings is 1. The number of amides is 1. The molecule has 158 valence electrons. The molecule has 3 aromatic carbocycles. The highest BCUT2D eigenvalue weighted by atomic mass is 32.2. The Morgan fingerprint density at radius 3 is 2.74 bits per heavy atom. The van der Waals surface area contributed by atoms with Crippen molar-refractivity contribution in [3.05, 3.63) is 66.9 Å². The monoisotopic (exact) mass is 451 g/mol. The lowest BCUT2D eigenvalue weighted by Gasteiger charge is -2.31. The molecule has 1 aromatic heterocycles. The molecule has 1 aliphatic heterocycles. The van der Waals surface area contributed by atoms with E-state index in [-0.39, 0.29) is 23.3 Å². The number of carbonyl (C=O) groups excluding carboxylic acids is 1. The minimum Gasteiger partial charge on any atom is -0.326 e. The van der Waals surface area contributed by atoms with Crippen LogP contribution in [0.2, 0.25) is 0 Å². The zero-order valence-corrected chi connectivity index (χ0v) is 18.3. The second-order valence-electron chi connectivity index (χ2n) is 7.78. The largest absolute Gasteiger partial charge is 0.326 e. The fraction of sp³-hybridized carbons (Fsp3) is 0.217. The van der Waals surface area contributed by atoms with Crippen molar-refractivity contribution < 1.29 is 13.2 Å². The highest BCUT2D eigenvalue weighted by Crippen LogP contribution is 2.28. The van der Waals surface area contributed by atoms with E-state index in [1.165, 1.54) is 15.8 Å². The molecule has 1 aliphatic rings. The van der Waals surface area contributed by atoms with E-state index >= 15 is 0 Å². The van der Waals surface area contributed by atoms with Crippen molar-refractivity contribution in [2.75, 3.05) is 18.4 Å². The van der Waals surface area contributed by atoms with E-state index in [2.05, 4.69) is 9.69 Å². The zero-order chi connectivity index (χ0) is 21.4. The molecule has 1 amide bonds. The van der Waals surface area contributed by atoms with Crippen molar-refractivity contribution in [2.24, 2.45) is 5.92 Å². The van der Waals surface area contributed by atoms with Crippen LogP contribution >= 0.6 is 11.5 Å². The second-order valence-corrected chi connectivity index (χ2v) is 10.5. The number of carbonyl (C=O) groups is 1. The molecule has 1 N–H and O–H groups in total. The van der Waals surface area contributed by atoms with E-state index in [4.69, 9.17) is 0 Å². The lowest BCUT2D eigenvalue weighted by Crippen LogP contribution is -2.43. The first-order valence-electron chi connectivity index (χ1n) is 10.1. The molecular formula is C23H21N3O3S2. The number of sulfonamides is 1. The van der Waals surface area contributed by atoms with Gasteiger partial charge < -0.3 is 5.32 Å². The normalized spacial score (nSPS) is 17.7. The second kappa shape index (κ2) is 8.03. The summed E-state index contributed by atoms with van der Waals surface area (Å²) in [6.07, 6.45) is 3.09. The van der Waals surface area contributed by atoms with Crippen LogP contribution in [-0.4, -0.2) is 36.1 Å². The molecule has 0 unspecified atom stereocenters. The number of aromatic nitrogens is 1. The number of fused-ring (bicyclic) bond motifs is 2. The van der Waals surface area contributed by atoms with Crippen LogP contribution in [0.5, 0.6) is 0 Å². The number of hydrogen-bond acceptors (Lipinski definition) is 5. The van der Waals surface area contributed by atoms with Crippen LogP contribution in [0.1, 0.15) is 12.8 Å². The van der Waals surface area contributed by atoms with Gasteiger partial charge in [-0.25, -0.2) is 8.42 Å². The van der Waals surface area contributed by atoms with E-state index in [0.717, 1.165) is 20.9 Å². The summed E-state index contributed by atoms with van der Waals surface area (Å²) in [7, 11) is -3.67. The number of nitrogens with one attached hydrogen (secondary N) is 1. The van der Waals surface area contributed by atoms with Crippen LogP contribution in [0.25, 0.3) is 20.9 Å². The molecule has 1 saturated heterocycles. The molecule has 8 heteroatoms. The van der Waals surface area contributed by atoms with Crippen molar-refractivity contribution in [3.63, 3.8) is 0 Å². The first kappa shape index (κ1) is 20.1. The smallest absolute Gasteiger partial charge is 0.243 e. The van der Waals surface area contributed by atoms with Gasteiger partial charge >= 0.3 is 0 Å². The van der Waals surface area contributed by atoms with Crippen molar-refractivity contribution in [1.82, 2.24) is 8.68 Å². The number of nitrogens with zero attached hydrogens (tertiary/aromatic N) is 2. The average Bonchev–Trinajstić information content (AvgIpc) is 3.27. The summed E-state index contributed by atoms with van der Waals surface area (Å²) in [5, 5.41) is 5.80. The molecule has 0 spiro atoms. The molecule has 0 aliphatic carbocycles. The predicted molar refractivity (Wildman–Crippen MR) is 124 cm³/mol. The minimum absolute atomic E-state index is 0.152. The Labute approximate surface area is 184 Å². The van der Waals surface area contributed by atoms with Crippen LogP contribution < -0.4 is 5.32 Å². The maximum absolute atomic E-state index is 13.3. The van der Waals surface area contributed by atoms with Crippen molar-refractivity contribution in [2.45, 2.75) is 17.7 Å². The van der Waals surface area contributed by atoms with Gasteiger partial charge in [0.1, 0.15) is 0 Å². The highest BCUT2D eigenvalue weighted by Gasteiger charge is 2.33. The summed E-state index contributed by atoms with van der Waals surface area (Å²) in [6.45, 7) is 0.606. The number of benzene rings is 3. The molecule has 2 heterocycles.